The number of rotatable bonds is 3. The average molecular weight is 277 g/mol. The van der Waals surface area contributed by atoms with E-state index in [0.29, 0.717) is 11.3 Å². The van der Waals surface area contributed by atoms with Crippen LogP contribution in [0.25, 0.3) is 0 Å². The first-order chi connectivity index (χ1) is 9.56. The molecule has 2 rings (SSSR count). The summed E-state index contributed by atoms with van der Waals surface area (Å²) >= 11 is 0. The van der Waals surface area contributed by atoms with Gasteiger partial charge < -0.3 is 9.64 Å². The van der Waals surface area contributed by atoms with E-state index in [0.717, 1.165) is 0 Å². The molecular formula is C13H15N3O4. The Morgan fingerprint density at radius 2 is 2.20 bits per heavy atom. The number of carbonyl (C=O) groups is 3. The van der Waals surface area contributed by atoms with Crippen molar-refractivity contribution in [1.82, 2.24) is 5.43 Å². The summed E-state index contributed by atoms with van der Waals surface area (Å²) in [5, 5.41) is 0. The summed E-state index contributed by atoms with van der Waals surface area (Å²) in [5.41, 5.74) is 2.93. The highest BCUT2D eigenvalue weighted by Crippen LogP contribution is 2.26. The maximum absolute atomic E-state index is 11.9. The topological polar surface area (TPSA) is 102 Å². The van der Waals surface area contributed by atoms with E-state index in [9.17, 15) is 14.4 Å². The van der Waals surface area contributed by atoms with Gasteiger partial charge in [-0.3, -0.25) is 19.8 Å². The Bertz CT molecular complexity index is 558. The lowest BCUT2D eigenvalue weighted by Gasteiger charge is -2.17. The molecule has 1 aliphatic heterocycles. The molecule has 1 fully saturated rings. The number of nitrogens with one attached hydrogen (secondary N) is 1. The number of anilines is 1. The van der Waals surface area contributed by atoms with Crippen LogP contribution in [0.15, 0.2) is 24.3 Å². The van der Waals surface area contributed by atoms with Gasteiger partial charge in [0.15, 0.2) is 0 Å². The molecule has 1 atom stereocenters. The first kappa shape index (κ1) is 14.0. The quantitative estimate of drug-likeness (QED) is 0.345. The van der Waals surface area contributed by atoms with Crippen molar-refractivity contribution in [3.63, 3.8) is 0 Å². The van der Waals surface area contributed by atoms with Gasteiger partial charge in [-0.1, -0.05) is 6.07 Å². The maximum atomic E-state index is 11.9. The minimum Gasteiger partial charge on any atom is -0.469 e. The van der Waals surface area contributed by atoms with Gasteiger partial charge in [-0.05, 0) is 18.2 Å². The average Bonchev–Trinajstić information content (AvgIpc) is 2.87. The van der Waals surface area contributed by atoms with Crippen molar-refractivity contribution in [2.75, 3.05) is 18.6 Å². The summed E-state index contributed by atoms with van der Waals surface area (Å²) in [4.78, 5) is 36.4. The van der Waals surface area contributed by atoms with Crippen LogP contribution in [0.3, 0.4) is 0 Å². The number of hydrazine groups is 1. The first-order valence-electron chi connectivity index (χ1n) is 6.06. The van der Waals surface area contributed by atoms with Gasteiger partial charge in [-0.2, -0.15) is 0 Å². The van der Waals surface area contributed by atoms with E-state index in [1.807, 2.05) is 5.43 Å². The first-order valence-corrected chi connectivity index (χ1v) is 6.06. The Morgan fingerprint density at radius 3 is 2.85 bits per heavy atom. The Morgan fingerprint density at radius 1 is 1.45 bits per heavy atom. The fourth-order valence-electron chi connectivity index (χ4n) is 2.18. The molecule has 3 N–H and O–H groups in total. The van der Waals surface area contributed by atoms with Gasteiger partial charge in [0.2, 0.25) is 5.91 Å². The Kier molecular flexibility index (Phi) is 3.99. The van der Waals surface area contributed by atoms with E-state index in [-0.39, 0.29) is 18.9 Å². The maximum Gasteiger partial charge on any atom is 0.311 e. The number of hydrogen-bond donors (Lipinski definition) is 2. The highest BCUT2D eigenvalue weighted by Gasteiger charge is 2.35. The number of methoxy groups -OCH3 is 1. The van der Waals surface area contributed by atoms with Crippen LogP contribution in [0.1, 0.15) is 16.8 Å². The molecule has 106 valence electrons. The molecule has 0 aliphatic carbocycles. The molecule has 1 heterocycles. The molecule has 0 saturated carbocycles. The standard InChI is InChI=1S/C13H15N3O4/c1-20-13(19)9-6-11(17)16(7-9)10-4-2-3-8(5-10)12(18)15-14/h2-5,9H,6-7,14H2,1H3,(H,15,18). The zero-order valence-corrected chi connectivity index (χ0v) is 11.0. The van der Waals surface area contributed by atoms with Gasteiger partial charge in [0.1, 0.15) is 0 Å². The Labute approximate surface area is 115 Å². The van der Waals surface area contributed by atoms with Crippen LogP contribution in [-0.4, -0.2) is 31.4 Å². The van der Waals surface area contributed by atoms with Crippen molar-refractivity contribution in [2.24, 2.45) is 11.8 Å². The Balaban J connectivity index is 2.22. The third-order valence-electron chi connectivity index (χ3n) is 3.21. The lowest BCUT2D eigenvalue weighted by atomic mass is 10.1. The largest absolute Gasteiger partial charge is 0.469 e. The van der Waals surface area contributed by atoms with E-state index in [1.54, 1.807) is 24.3 Å². The fourth-order valence-corrected chi connectivity index (χ4v) is 2.18. The second kappa shape index (κ2) is 5.70. The predicted octanol–water partition coefficient (Wildman–Crippen LogP) is -0.184. The third-order valence-corrected chi connectivity index (χ3v) is 3.21. The van der Waals surface area contributed by atoms with Crippen molar-refractivity contribution in [3.05, 3.63) is 29.8 Å². The molecule has 7 heteroatoms. The summed E-state index contributed by atoms with van der Waals surface area (Å²) in [6.07, 6.45) is 0.111. The van der Waals surface area contributed by atoms with E-state index >= 15 is 0 Å². The van der Waals surface area contributed by atoms with Gasteiger partial charge in [-0.15, -0.1) is 0 Å². The van der Waals surface area contributed by atoms with Crippen molar-refractivity contribution >= 4 is 23.5 Å². The van der Waals surface area contributed by atoms with E-state index in [4.69, 9.17) is 5.84 Å². The summed E-state index contributed by atoms with van der Waals surface area (Å²) in [6, 6.07) is 6.49. The minimum atomic E-state index is -0.473. The molecule has 1 aromatic carbocycles. The number of hydrogen-bond acceptors (Lipinski definition) is 5. The van der Waals surface area contributed by atoms with Gasteiger partial charge in [-0.25, -0.2) is 5.84 Å². The molecule has 0 spiro atoms. The van der Waals surface area contributed by atoms with E-state index < -0.39 is 17.8 Å². The number of nitrogens with zero attached hydrogens (tertiary/aromatic N) is 1. The summed E-state index contributed by atoms with van der Waals surface area (Å²) in [5.74, 6) is 3.58. The lowest BCUT2D eigenvalue weighted by Crippen LogP contribution is -2.30. The minimum absolute atomic E-state index is 0.111. The van der Waals surface area contributed by atoms with Crippen LogP contribution in [0.5, 0.6) is 0 Å². The number of amides is 2. The predicted molar refractivity (Wildman–Crippen MR) is 70.6 cm³/mol. The van der Waals surface area contributed by atoms with Crippen molar-refractivity contribution < 1.29 is 19.1 Å². The van der Waals surface area contributed by atoms with Crippen LogP contribution in [0.2, 0.25) is 0 Å². The lowest BCUT2D eigenvalue weighted by molar-refractivity contribution is -0.145. The highest BCUT2D eigenvalue weighted by atomic mass is 16.5. The van der Waals surface area contributed by atoms with Crippen molar-refractivity contribution in [3.8, 4) is 0 Å². The zero-order valence-electron chi connectivity index (χ0n) is 11.0. The van der Waals surface area contributed by atoms with Crippen molar-refractivity contribution in [1.29, 1.82) is 0 Å². The SMILES string of the molecule is COC(=O)C1CC(=O)N(c2cccc(C(=O)NN)c2)C1. The molecule has 0 bridgehead atoms. The van der Waals surface area contributed by atoms with Crippen LogP contribution < -0.4 is 16.2 Å². The second-order valence-corrected chi connectivity index (χ2v) is 4.45. The highest BCUT2D eigenvalue weighted by molar-refractivity contribution is 6.01. The summed E-state index contributed by atoms with van der Waals surface area (Å²) in [7, 11) is 1.29. The molecule has 1 unspecified atom stereocenters. The van der Waals surface area contributed by atoms with Crippen LogP contribution >= 0.6 is 0 Å². The van der Waals surface area contributed by atoms with Gasteiger partial charge >= 0.3 is 5.97 Å². The van der Waals surface area contributed by atoms with Crippen LogP contribution in [0, 0.1) is 5.92 Å². The molecule has 0 aromatic heterocycles. The normalized spacial score (nSPS) is 18.0. The molecule has 7 nitrogen and oxygen atoms in total. The van der Waals surface area contributed by atoms with Crippen LogP contribution in [-0.2, 0) is 14.3 Å². The van der Waals surface area contributed by atoms with E-state index in [1.165, 1.54) is 12.0 Å². The number of ether oxygens (including phenoxy) is 1. The molecule has 0 radical (unpaired) electrons. The smallest absolute Gasteiger partial charge is 0.311 e. The summed E-state index contributed by atoms with van der Waals surface area (Å²) in [6.45, 7) is 0.249. The molecule has 1 aromatic rings. The molecule has 20 heavy (non-hydrogen) atoms. The number of nitrogen functional groups attached to an aromatic ring is 1. The third kappa shape index (κ3) is 2.62. The number of esters is 1. The van der Waals surface area contributed by atoms with Gasteiger partial charge in [0, 0.05) is 24.2 Å². The molecule has 1 aliphatic rings. The zero-order chi connectivity index (χ0) is 14.7. The van der Waals surface area contributed by atoms with E-state index in [2.05, 4.69) is 4.74 Å². The number of benzene rings is 1. The molecule has 2 amide bonds. The Hall–Kier alpha value is -2.41. The van der Waals surface area contributed by atoms with Crippen molar-refractivity contribution in [2.45, 2.75) is 6.42 Å². The molecule has 1 saturated heterocycles. The fraction of sp³-hybridized carbons (Fsp3) is 0.308. The van der Waals surface area contributed by atoms with Gasteiger partial charge in [0.05, 0.1) is 13.0 Å². The second-order valence-electron chi connectivity index (χ2n) is 4.45. The monoisotopic (exact) mass is 277 g/mol. The number of carbonyl (C=O) groups excluding carboxylic acids is 3. The molecular weight excluding hydrogens is 262 g/mol. The van der Waals surface area contributed by atoms with Crippen LogP contribution in [0.4, 0.5) is 5.69 Å². The summed E-state index contributed by atoms with van der Waals surface area (Å²) < 4.78 is 4.65. The van der Waals surface area contributed by atoms with Gasteiger partial charge in [0.25, 0.3) is 5.91 Å². The number of nitrogens with two attached hydrogens (primary N) is 1.